The maximum Gasteiger partial charge on any atom is 0.294 e. The van der Waals surface area contributed by atoms with E-state index in [9.17, 15) is 9.59 Å². The van der Waals surface area contributed by atoms with Crippen LogP contribution in [0.5, 0.6) is 0 Å². The third-order valence-corrected chi connectivity index (χ3v) is 7.85. The van der Waals surface area contributed by atoms with Crippen molar-refractivity contribution in [3.8, 4) is 0 Å². The van der Waals surface area contributed by atoms with Crippen LogP contribution in [0, 0.1) is 0 Å². The minimum atomic E-state index is -0.503. The van der Waals surface area contributed by atoms with E-state index in [2.05, 4.69) is 15.2 Å². The number of para-hydroxylation sites is 2. The number of fused-ring (bicyclic) bond motifs is 3. The average Bonchev–Trinajstić information content (AvgIpc) is 3.01. The Labute approximate surface area is 189 Å². The number of amides is 1. The molecular weight excluding hydrogens is 402 g/mol. The summed E-state index contributed by atoms with van der Waals surface area (Å²) in [6, 6.07) is 9.81. The Bertz CT molecular complexity index is 1010. The molecule has 1 aromatic heterocycles. The van der Waals surface area contributed by atoms with E-state index in [0.717, 1.165) is 23.9 Å². The van der Waals surface area contributed by atoms with Crippen molar-refractivity contribution in [2.45, 2.75) is 94.8 Å². The first kappa shape index (κ1) is 21.4. The van der Waals surface area contributed by atoms with Crippen LogP contribution in [-0.4, -0.2) is 45.0 Å². The molecule has 172 valence electrons. The third kappa shape index (κ3) is 4.15. The number of primary amides is 1. The van der Waals surface area contributed by atoms with Gasteiger partial charge in [0.05, 0.1) is 17.6 Å². The van der Waals surface area contributed by atoms with Gasteiger partial charge < -0.3 is 15.6 Å². The van der Waals surface area contributed by atoms with Crippen LogP contribution in [0.1, 0.15) is 76.7 Å². The highest BCUT2D eigenvalue weighted by molar-refractivity contribution is 5.80. The first-order valence-electron chi connectivity index (χ1n) is 12.4. The van der Waals surface area contributed by atoms with Crippen molar-refractivity contribution >= 4 is 22.8 Å². The second-order valence-corrected chi connectivity index (χ2v) is 9.90. The lowest BCUT2D eigenvalue weighted by Crippen LogP contribution is -2.50. The molecule has 1 saturated carbocycles. The van der Waals surface area contributed by atoms with Crippen molar-refractivity contribution in [2.75, 3.05) is 11.9 Å². The highest BCUT2D eigenvalue weighted by Crippen LogP contribution is 2.44. The van der Waals surface area contributed by atoms with Gasteiger partial charge in [-0.1, -0.05) is 44.2 Å². The normalized spacial score (nSPS) is 27.2. The fraction of sp³-hybridized carbons (Fsp3) is 0.640. The summed E-state index contributed by atoms with van der Waals surface area (Å²) in [5.74, 6) is -0.284. The first-order chi connectivity index (χ1) is 15.6. The van der Waals surface area contributed by atoms with Gasteiger partial charge in [-0.3, -0.25) is 14.5 Å². The summed E-state index contributed by atoms with van der Waals surface area (Å²) in [4.78, 5) is 32.1. The van der Waals surface area contributed by atoms with Gasteiger partial charge in [0, 0.05) is 24.2 Å². The number of rotatable bonds is 5. The van der Waals surface area contributed by atoms with E-state index >= 15 is 0 Å². The molecule has 2 bridgehead atoms. The number of anilines is 1. The largest absolute Gasteiger partial charge is 0.368 e. The Morgan fingerprint density at radius 3 is 2.28 bits per heavy atom. The highest BCUT2D eigenvalue weighted by Gasteiger charge is 2.44. The van der Waals surface area contributed by atoms with Crippen molar-refractivity contribution < 1.29 is 4.79 Å². The summed E-state index contributed by atoms with van der Waals surface area (Å²) in [7, 11) is 0. The molecule has 0 spiro atoms. The van der Waals surface area contributed by atoms with Crippen LogP contribution in [0.3, 0.4) is 0 Å². The van der Waals surface area contributed by atoms with Gasteiger partial charge in [-0.05, 0) is 50.7 Å². The van der Waals surface area contributed by atoms with E-state index < -0.39 is 5.91 Å². The predicted octanol–water partition coefficient (Wildman–Crippen LogP) is 3.57. The first-order valence-corrected chi connectivity index (χ1v) is 12.4. The van der Waals surface area contributed by atoms with Crippen LogP contribution in [0.25, 0.3) is 11.0 Å². The van der Waals surface area contributed by atoms with E-state index in [1.807, 2.05) is 28.8 Å². The summed E-state index contributed by atoms with van der Waals surface area (Å²) >= 11 is 0. The number of piperidine rings is 1. The molecule has 5 rings (SSSR count). The van der Waals surface area contributed by atoms with Crippen LogP contribution in [0.2, 0.25) is 0 Å². The molecule has 3 heterocycles. The van der Waals surface area contributed by atoms with Crippen LogP contribution >= 0.6 is 0 Å². The number of carbonyl (C=O) groups is 1. The van der Waals surface area contributed by atoms with Crippen LogP contribution in [-0.2, 0) is 4.79 Å². The SMILES string of the molecule is NC(=O)CNc1nc2ccccc2n(C2C[C@H]3CC[C@@H](C2)N3C2CCCCCCC2)c1=O. The summed E-state index contributed by atoms with van der Waals surface area (Å²) in [5.41, 5.74) is 6.80. The molecule has 7 heteroatoms. The van der Waals surface area contributed by atoms with E-state index in [4.69, 9.17) is 5.73 Å². The molecule has 3 fully saturated rings. The van der Waals surface area contributed by atoms with Gasteiger partial charge in [0.1, 0.15) is 0 Å². The zero-order valence-corrected chi connectivity index (χ0v) is 18.8. The van der Waals surface area contributed by atoms with Gasteiger partial charge in [-0.15, -0.1) is 0 Å². The average molecular weight is 438 g/mol. The van der Waals surface area contributed by atoms with Gasteiger partial charge in [-0.25, -0.2) is 4.98 Å². The zero-order valence-electron chi connectivity index (χ0n) is 18.8. The number of aromatic nitrogens is 2. The van der Waals surface area contributed by atoms with E-state index in [1.54, 1.807) is 0 Å². The monoisotopic (exact) mass is 437 g/mol. The van der Waals surface area contributed by atoms with Crippen molar-refractivity contribution in [2.24, 2.45) is 5.73 Å². The number of nitrogens with two attached hydrogens (primary N) is 1. The number of hydrogen-bond donors (Lipinski definition) is 2. The lowest BCUT2D eigenvalue weighted by molar-refractivity contribution is -0.116. The maximum atomic E-state index is 13.5. The van der Waals surface area contributed by atoms with Gasteiger partial charge in [0.2, 0.25) is 5.91 Å². The molecule has 1 amide bonds. The molecular formula is C25H35N5O2. The molecule has 0 radical (unpaired) electrons. The molecule has 32 heavy (non-hydrogen) atoms. The summed E-state index contributed by atoms with van der Waals surface area (Å²) in [6.07, 6.45) is 14.0. The third-order valence-electron chi connectivity index (χ3n) is 7.85. The summed E-state index contributed by atoms with van der Waals surface area (Å²) < 4.78 is 1.95. The lowest BCUT2D eigenvalue weighted by Gasteiger charge is -2.45. The maximum absolute atomic E-state index is 13.5. The predicted molar refractivity (Wildman–Crippen MR) is 127 cm³/mol. The number of carbonyl (C=O) groups excluding carboxylic acids is 1. The van der Waals surface area contributed by atoms with Crippen molar-refractivity contribution in [1.29, 1.82) is 0 Å². The minimum Gasteiger partial charge on any atom is -0.368 e. The second-order valence-electron chi connectivity index (χ2n) is 9.90. The molecule has 7 nitrogen and oxygen atoms in total. The molecule has 3 atom stereocenters. The van der Waals surface area contributed by atoms with E-state index in [-0.39, 0.29) is 24.0 Å². The Hall–Kier alpha value is -2.41. The Morgan fingerprint density at radius 2 is 1.59 bits per heavy atom. The van der Waals surface area contributed by atoms with Crippen LogP contribution < -0.4 is 16.6 Å². The van der Waals surface area contributed by atoms with Crippen LogP contribution in [0.4, 0.5) is 5.82 Å². The molecule has 2 aromatic rings. The highest BCUT2D eigenvalue weighted by atomic mass is 16.1. The van der Waals surface area contributed by atoms with Crippen molar-refractivity contribution in [1.82, 2.24) is 14.5 Å². The fourth-order valence-electron chi connectivity index (χ4n) is 6.53. The number of benzene rings is 1. The van der Waals surface area contributed by atoms with Crippen molar-refractivity contribution in [3.05, 3.63) is 34.6 Å². The second kappa shape index (κ2) is 9.22. The molecule has 3 aliphatic rings. The molecule has 2 saturated heterocycles. The molecule has 3 N–H and O–H groups in total. The number of nitrogens with zero attached hydrogens (tertiary/aromatic N) is 3. The summed E-state index contributed by atoms with van der Waals surface area (Å²) in [6.45, 7) is -0.0913. The molecule has 1 aliphatic carbocycles. The lowest BCUT2D eigenvalue weighted by atomic mass is 9.89. The van der Waals surface area contributed by atoms with E-state index in [0.29, 0.717) is 18.1 Å². The Morgan fingerprint density at radius 1 is 0.938 bits per heavy atom. The molecule has 1 aromatic carbocycles. The van der Waals surface area contributed by atoms with Gasteiger partial charge in [0.15, 0.2) is 5.82 Å². The van der Waals surface area contributed by atoms with Crippen LogP contribution in [0.15, 0.2) is 29.1 Å². The quantitative estimate of drug-likeness (QED) is 0.746. The molecule has 1 unspecified atom stereocenters. The molecule has 2 aliphatic heterocycles. The standard InChI is InChI=1S/C25H35N5O2/c26-23(31)16-27-24-25(32)30(22-11-7-6-10-21(22)28-24)20-14-18-12-13-19(15-20)29(18)17-8-4-2-1-3-5-9-17/h6-7,10-11,17-20H,1-5,8-9,12-16H2,(H2,26,31)(H,27,28)/t18-,19+,20?. The topological polar surface area (TPSA) is 93.2 Å². The number of nitrogens with one attached hydrogen (secondary N) is 1. The minimum absolute atomic E-state index is 0.0913. The zero-order chi connectivity index (χ0) is 22.1. The van der Waals surface area contributed by atoms with Gasteiger partial charge >= 0.3 is 0 Å². The number of hydrogen-bond acceptors (Lipinski definition) is 5. The Balaban J connectivity index is 1.45. The Kier molecular flexibility index (Phi) is 6.17. The van der Waals surface area contributed by atoms with Crippen molar-refractivity contribution in [3.63, 3.8) is 0 Å². The smallest absolute Gasteiger partial charge is 0.294 e. The van der Waals surface area contributed by atoms with Gasteiger partial charge in [-0.2, -0.15) is 0 Å². The van der Waals surface area contributed by atoms with E-state index in [1.165, 1.54) is 57.8 Å². The summed E-state index contributed by atoms with van der Waals surface area (Å²) in [5, 5.41) is 2.87. The fourth-order valence-corrected chi connectivity index (χ4v) is 6.53. The van der Waals surface area contributed by atoms with Gasteiger partial charge in [0.25, 0.3) is 5.56 Å².